The monoisotopic (exact) mass is 288 g/mol. The molecule has 4 rings (SSSR count). The molecular weight excluding hydrogens is 268 g/mol. The smallest absolute Gasteiger partial charge is 0.144 e. The van der Waals surface area contributed by atoms with Crippen LogP contribution in [0.15, 0.2) is 67.0 Å². The molecule has 2 atom stereocenters. The maximum atomic E-state index is 4.65. The second-order valence-electron chi connectivity index (χ2n) is 6.52. The Balaban J connectivity index is 1.87. The van der Waals surface area contributed by atoms with Gasteiger partial charge in [0.2, 0.25) is 0 Å². The van der Waals surface area contributed by atoms with E-state index in [1.165, 1.54) is 17.5 Å². The summed E-state index contributed by atoms with van der Waals surface area (Å²) in [4.78, 5) is 4.65. The lowest BCUT2D eigenvalue weighted by molar-refractivity contribution is 0.702. The molecule has 1 aliphatic rings. The number of imidazole rings is 1. The van der Waals surface area contributed by atoms with E-state index in [2.05, 4.69) is 71.9 Å². The zero-order valence-electron chi connectivity index (χ0n) is 13.0. The minimum absolute atomic E-state index is 0.296. The maximum absolute atomic E-state index is 4.65. The molecule has 1 aliphatic carbocycles. The molecule has 0 saturated heterocycles. The third kappa shape index (κ3) is 1.98. The van der Waals surface area contributed by atoms with Gasteiger partial charge in [-0.25, -0.2) is 4.98 Å². The highest BCUT2D eigenvalue weighted by Gasteiger charge is 2.49. The molecule has 2 heteroatoms. The van der Waals surface area contributed by atoms with Gasteiger partial charge in [-0.15, -0.1) is 0 Å². The molecular formula is C20H20N2. The molecule has 110 valence electrons. The maximum Gasteiger partial charge on any atom is 0.144 e. The number of para-hydroxylation sites is 1. The zero-order valence-corrected chi connectivity index (χ0v) is 13.0. The van der Waals surface area contributed by atoms with Crippen molar-refractivity contribution in [3.63, 3.8) is 0 Å². The van der Waals surface area contributed by atoms with Crippen LogP contribution in [-0.4, -0.2) is 9.55 Å². The number of hydrogen-bond donors (Lipinski definition) is 0. The van der Waals surface area contributed by atoms with E-state index in [1.807, 2.05) is 18.5 Å². The molecule has 2 nitrogen and oxygen atoms in total. The van der Waals surface area contributed by atoms with E-state index >= 15 is 0 Å². The molecule has 1 heterocycles. The SMILES string of the molecule is C[C@H]1CC1(C)c1ccccc1-c1nccn1-c1ccccc1. The molecule has 0 bridgehead atoms. The summed E-state index contributed by atoms with van der Waals surface area (Å²) in [6.45, 7) is 4.70. The van der Waals surface area contributed by atoms with Crippen molar-refractivity contribution in [2.75, 3.05) is 0 Å². The molecule has 1 unspecified atom stereocenters. The Bertz CT molecular complexity index is 803. The Hall–Kier alpha value is -2.35. The van der Waals surface area contributed by atoms with Gasteiger partial charge in [0.15, 0.2) is 0 Å². The molecule has 1 fully saturated rings. The molecule has 3 aromatic rings. The standard InChI is InChI=1S/C20H20N2/c1-15-14-20(15,2)18-11-7-6-10-17(18)19-21-12-13-22(19)16-8-4-3-5-9-16/h3-13,15H,14H2,1-2H3/t15-,20?/m0/s1. The van der Waals surface area contributed by atoms with E-state index < -0.39 is 0 Å². The van der Waals surface area contributed by atoms with Crippen LogP contribution in [0.2, 0.25) is 0 Å². The van der Waals surface area contributed by atoms with Crippen LogP contribution >= 0.6 is 0 Å². The zero-order chi connectivity index (χ0) is 15.2. The molecule has 0 aliphatic heterocycles. The van der Waals surface area contributed by atoms with Gasteiger partial charge in [-0.2, -0.15) is 0 Å². The van der Waals surface area contributed by atoms with Crippen molar-refractivity contribution in [2.24, 2.45) is 5.92 Å². The summed E-state index contributed by atoms with van der Waals surface area (Å²) in [7, 11) is 0. The third-order valence-corrected chi connectivity index (χ3v) is 5.12. The predicted octanol–water partition coefficient (Wildman–Crippen LogP) is 4.84. The topological polar surface area (TPSA) is 17.8 Å². The number of hydrogen-bond acceptors (Lipinski definition) is 1. The minimum atomic E-state index is 0.296. The van der Waals surface area contributed by atoms with E-state index in [-0.39, 0.29) is 0 Å². The molecule has 1 saturated carbocycles. The lowest BCUT2D eigenvalue weighted by Crippen LogP contribution is -2.07. The fourth-order valence-corrected chi connectivity index (χ4v) is 3.43. The Labute approximate surface area is 131 Å². The Morgan fingerprint density at radius 2 is 1.73 bits per heavy atom. The second-order valence-corrected chi connectivity index (χ2v) is 6.52. The highest BCUT2D eigenvalue weighted by Crippen LogP contribution is 2.55. The van der Waals surface area contributed by atoms with Crippen LogP contribution in [0, 0.1) is 5.92 Å². The van der Waals surface area contributed by atoms with E-state index in [0.29, 0.717) is 5.41 Å². The fraction of sp³-hybridized carbons (Fsp3) is 0.250. The molecule has 0 N–H and O–H groups in total. The normalized spacial score (nSPS) is 23.5. The Morgan fingerprint density at radius 3 is 2.45 bits per heavy atom. The average Bonchev–Trinajstić information content (AvgIpc) is 2.99. The lowest BCUT2D eigenvalue weighted by atomic mass is 9.91. The molecule has 1 aromatic heterocycles. The summed E-state index contributed by atoms with van der Waals surface area (Å²) in [5.41, 5.74) is 4.12. The highest BCUT2D eigenvalue weighted by molar-refractivity contribution is 5.66. The van der Waals surface area contributed by atoms with Crippen LogP contribution in [-0.2, 0) is 5.41 Å². The minimum Gasteiger partial charge on any atom is -0.300 e. The summed E-state index contributed by atoms with van der Waals surface area (Å²) in [5.74, 6) is 1.77. The molecule has 0 amide bonds. The van der Waals surface area contributed by atoms with Crippen LogP contribution in [0.3, 0.4) is 0 Å². The predicted molar refractivity (Wildman–Crippen MR) is 90.1 cm³/mol. The summed E-state index contributed by atoms with van der Waals surface area (Å²) < 4.78 is 2.18. The summed E-state index contributed by atoms with van der Waals surface area (Å²) in [6, 6.07) is 19.1. The largest absolute Gasteiger partial charge is 0.300 e. The van der Waals surface area contributed by atoms with Gasteiger partial charge in [-0.05, 0) is 35.4 Å². The van der Waals surface area contributed by atoms with Gasteiger partial charge in [-0.1, -0.05) is 56.3 Å². The summed E-state index contributed by atoms with van der Waals surface area (Å²) in [6.07, 6.45) is 5.19. The van der Waals surface area contributed by atoms with Gasteiger partial charge >= 0.3 is 0 Å². The lowest BCUT2D eigenvalue weighted by Gasteiger charge is -2.17. The molecule has 0 spiro atoms. The summed E-state index contributed by atoms with van der Waals surface area (Å²) >= 11 is 0. The molecule has 22 heavy (non-hydrogen) atoms. The highest BCUT2D eigenvalue weighted by atomic mass is 15.1. The number of nitrogens with zero attached hydrogens (tertiary/aromatic N) is 2. The molecule has 0 radical (unpaired) electrons. The van der Waals surface area contributed by atoms with E-state index in [9.17, 15) is 0 Å². The quantitative estimate of drug-likeness (QED) is 0.674. The van der Waals surface area contributed by atoms with Crippen LogP contribution in [0.4, 0.5) is 0 Å². The third-order valence-electron chi connectivity index (χ3n) is 5.12. The van der Waals surface area contributed by atoms with Gasteiger partial charge in [0.05, 0.1) is 0 Å². The van der Waals surface area contributed by atoms with Gasteiger partial charge in [-0.3, -0.25) is 4.57 Å². The van der Waals surface area contributed by atoms with Gasteiger partial charge in [0, 0.05) is 23.6 Å². The number of aromatic nitrogens is 2. The van der Waals surface area contributed by atoms with Gasteiger partial charge in [0.1, 0.15) is 5.82 Å². The van der Waals surface area contributed by atoms with E-state index in [4.69, 9.17) is 0 Å². The van der Waals surface area contributed by atoms with Crippen molar-refractivity contribution in [1.29, 1.82) is 0 Å². The van der Waals surface area contributed by atoms with Gasteiger partial charge in [0.25, 0.3) is 0 Å². The second kappa shape index (κ2) is 4.84. The average molecular weight is 288 g/mol. The number of rotatable bonds is 3. The van der Waals surface area contributed by atoms with Crippen molar-refractivity contribution in [1.82, 2.24) is 9.55 Å². The summed E-state index contributed by atoms with van der Waals surface area (Å²) in [5, 5.41) is 0. The number of benzene rings is 2. The van der Waals surface area contributed by atoms with E-state index in [1.54, 1.807) is 0 Å². The Kier molecular flexibility index (Phi) is 2.93. The van der Waals surface area contributed by atoms with Crippen LogP contribution in [0.25, 0.3) is 17.1 Å². The van der Waals surface area contributed by atoms with Crippen molar-refractivity contribution >= 4 is 0 Å². The fourth-order valence-electron chi connectivity index (χ4n) is 3.43. The van der Waals surface area contributed by atoms with Crippen molar-refractivity contribution in [2.45, 2.75) is 25.7 Å². The first-order chi connectivity index (χ1) is 10.7. The van der Waals surface area contributed by atoms with Crippen LogP contribution < -0.4 is 0 Å². The van der Waals surface area contributed by atoms with Crippen molar-refractivity contribution < 1.29 is 0 Å². The van der Waals surface area contributed by atoms with Crippen LogP contribution in [0.1, 0.15) is 25.8 Å². The first kappa shape index (κ1) is 13.3. The van der Waals surface area contributed by atoms with E-state index in [0.717, 1.165) is 17.4 Å². The first-order valence-electron chi connectivity index (χ1n) is 7.89. The van der Waals surface area contributed by atoms with Crippen LogP contribution in [0.5, 0.6) is 0 Å². The van der Waals surface area contributed by atoms with Gasteiger partial charge < -0.3 is 0 Å². The Morgan fingerprint density at radius 1 is 1.05 bits per heavy atom. The van der Waals surface area contributed by atoms with Crippen molar-refractivity contribution in [3.05, 3.63) is 72.6 Å². The molecule has 2 aromatic carbocycles. The first-order valence-corrected chi connectivity index (χ1v) is 7.89. The van der Waals surface area contributed by atoms with Crippen molar-refractivity contribution in [3.8, 4) is 17.1 Å².